The van der Waals surface area contributed by atoms with Gasteiger partial charge in [-0.1, -0.05) is 18.2 Å². The molecule has 0 saturated heterocycles. The molecule has 0 atom stereocenters. The predicted octanol–water partition coefficient (Wildman–Crippen LogP) is 2.64. The van der Waals surface area contributed by atoms with E-state index in [1.807, 2.05) is 30.3 Å². The molecule has 17 heavy (non-hydrogen) atoms. The number of nitrogen functional groups attached to an aromatic ring is 1. The number of nitrogens with zero attached hydrogens (tertiary/aromatic N) is 1. The minimum absolute atomic E-state index is 0.00412. The Bertz CT molecular complexity index is 514. The second kappa shape index (κ2) is 5.50. The third kappa shape index (κ3) is 3.07. The van der Waals surface area contributed by atoms with Crippen molar-refractivity contribution in [3.05, 3.63) is 54.2 Å². The van der Waals surface area contributed by atoms with Gasteiger partial charge in [-0.25, -0.2) is 4.98 Å². The van der Waals surface area contributed by atoms with Crippen LogP contribution in [0.1, 0.15) is 10.4 Å². The molecule has 4 heteroatoms. The quantitative estimate of drug-likeness (QED) is 0.663. The molecular weight excluding hydrogens is 232 g/mol. The summed E-state index contributed by atoms with van der Waals surface area (Å²) >= 11 is 1.50. The molecule has 2 aromatic rings. The lowest BCUT2D eigenvalue weighted by Gasteiger charge is -2.03. The van der Waals surface area contributed by atoms with Crippen molar-refractivity contribution in [3.63, 3.8) is 0 Å². The van der Waals surface area contributed by atoms with Gasteiger partial charge in [0.1, 0.15) is 5.82 Å². The highest BCUT2D eigenvalue weighted by molar-refractivity contribution is 8.00. The van der Waals surface area contributed by atoms with Crippen LogP contribution >= 0.6 is 11.8 Å². The Labute approximate surface area is 104 Å². The normalized spacial score (nSPS) is 10.1. The summed E-state index contributed by atoms with van der Waals surface area (Å²) in [6, 6.07) is 13.2. The van der Waals surface area contributed by atoms with E-state index in [0.29, 0.717) is 17.1 Å². The molecule has 0 aliphatic heterocycles. The molecule has 0 spiro atoms. The topological polar surface area (TPSA) is 56.0 Å². The van der Waals surface area contributed by atoms with E-state index in [-0.39, 0.29) is 5.78 Å². The summed E-state index contributed by atoms with van der Waals surface area (Å²) in [4.78, 5) is 16.9. The molecule has 1 aromatic carbocycles. The number of pyridine rings is 1. The Morgan fingerprint density at radius 3 is 2.65 bits per heavy atom. The van der Waals surface area contributed by atoms with Crippen LogP contribution in [0.3, 0.4) is 0 Å². The Morgan fingerprint density at radius 2 is 1.94 bits per heavy atom. The SMILES string of the molecule is Nc1ncccc1C(=O)CSc1ccccc1. The number of benzene rings is 1. The fourth-order valence-electron chi connectivity index (χ4n) is 1.40. The van der Waals surface area contributed by atoms with Crippen LogP contribution in [-0.4, -0.2) is 16.5 Å². The fraction of sp³-hybridized carbons (Fsp3) is 0.0769. The zero-order valence-corrected chi connectivity index (χ0v) is 9.98. The minimum Gasteiger partial charge on any atom is -0.383 e. The first-order valence-electron chi connectivity index (χ1n) is 5.19. The Morgan fingerprint density at radius 1 is 1.18 bits per heavy atom. The number of hydrogen-bond acceptors (Lipinski definition) is 4. The van der Waals surface area contributed by atoms with Crippen LogP contribution in [0.15, 0.2) is 53.6 Å². The maximum absolute atomic E-state index is 11.9. The van der Waals surface area contributed by atoms with Gasteiger partial charge in [0.05, 0.1) is 11.3 Å². The number of rotatable bonds is 4. The third-order valence-electron chi connectivity index (χ3n) is 2.25. The van der Waals surface area contributed by atoms with Crippen molar-refractivity contribution >= 4 is 23.4 Å². The van der Waals surface area contributed by atoms with Crippen LogP contribution in [0.2, 0.25) is 0 Å². The lowest BCUT2D eigenvalue weighted by Crippen LogP contribution is -2.07. The third-order valence-corrected chi connectivity index (χ3v) is 3.26. The van der Waals surface area contributed by atoms with Gasteiger partial charge in [0.2, 0.25) is 0 Å². The first kappa shape index (κ1) is 11.7. The second-order valence-corrected chi connectivity index (χ2v) is 4.51. The van der Waals surface area contributed by atoms with Crippen LogP contribution in [0.5, 0.6) is 0 Å². The van der Waals surface area contributed by atoms with Crippen molar-refractivity contribution in [2.45, 2.75) is 4.90 Å². The summed E-state index contributed by atoms with van der Waals surface area (Å²) in [6.07, 6.45) is 1.58. The van der Waals surface area contributed by atoms with Crippen LogP contribution in [0.4, 0.5) is 5.82 Å². The minimum atomic E-state index is 0.00412. The molecule has 0 aliphatic rings. The largest absolute Gasteiger partial charge is 0.383 e. The smallest absolute Gasteiger partial charge is 0.176 e. The number of carbonyl (C=O) groups is 1. The number of Topliss-reactive ketones (excluding diaryl/α,β-unsaturated/α-hetero) is 1. The van der Waals surface area contributed by atoms with E-state index in [1.165, 1.54) is 11.8 Å². The molecule has 2 rings (SSSR count). The molecule has 0 bridgehead atoms. The second-order valence-electron chi connectivity index (χ2n) is 3.46. The summed E-state index contributed by atoms with van der Waals surface area (Å²) in [7, 11) is 0. The molecule has 0 saturated carbocycles. The summed E-state index contributed by atoms with van der Waals surface area (Å²) in [6.45, 7) is 0. The highest BCUT2D eigenvalue weighted by Crippen LogP contribution is 2.19. The highest BCUT2D eigenvalue weighted by Gasteiger charge is 2.10. The first-order chi connectivity index (χ1) is 8.27. The average Bonchev–Trinajstić information content (AvgIpc) is 2.38. The Hall–Kier alpha value is -1.81. The molecule has 86 valence electrons. The van der Waals surface area contributed by atoms with Crippen LogP contribution in [0, 0.1) is 0 Å². The van der Waals surface area contributed by atoms with Gasteiger partial charge in [-0.3, -0.25) is 4.79 Å². The number of carbonyl (C=O) groups excluding carboxylic acids is 1. The van der Waals surface area contributed by atoms with Gasteiger partial charge in [-0.05, 0) is 24.3 Å². The predicted molar refractivity (Wildman–Crippen MR) is 70.1 cm³/mol. The van der Waals surface area contributed by atoms with E-state index in [4.69, 9.17) is 5.73 Å². The van der Waals surface area contributed by atoms with Gasteiger partial charge in [0.25, 0.3) is 0 Å². The number of aromatic nitrogens is 1. The average molecular weight is 244 g/mol. The molecule has 0 fully saturated rings. The molecular formula is C13H12N2OS. The molecule has 1 aromatic heterocycles. The Balaban J connectivity index is 2.01. The zero-order chi connectivity index (χ0) is 12.1. The van der Waals surface area contributed by atoms with Crippen LogP contribution < -0.4 is 5.73 Å². The number of thioether (sulfide) groups is 1. The van der Waals surface area contributed by atoms with E-state index in [0.717, 1.165) is 4.90 Å². The summed E-state index contributed by atoms with van der Waals surface area (Å²) in [5.74, 6) is 0.676. The Kier molecular flexibility index (Phi) is 3.77. The van der Waals surface area contributed by atoms with Gasteiger partial charge >= 0.3 is 0 Å². The van der Waals surface area contributed by atoms with Crippen molar-refractivity contribution < 1.29 is 4.79 Å². The molecule has 0 unspecified atom stereocenters. The molecule has 1 heterocycles. The lowest BCUT2D eigenvalue weighted by molar-refractivity contribution is 0.102. The van der Waals surface area contributed by atoms with Gasteiger partial charge in [-0.2, -0.15) is 0 Å². The maximum atomic E-state index is 11.9. The standard InChI is InChI=1S/C13H12N2OS/c14-13-11(7-4-8-15-13)12(16)9-17-10-5-2-1-3-6-10/h1-8H,9H2,(H2,14,15). The zero-order valence-electron chi connectivity index (χ0n) is 9.17. The number of anilines is 1. The molecule has 0 aliphatic carbocycles. The lowest BCUT2D eigenvalue weighted by atomic mass is 10.2. The van der Waals surface area contributed by atoms with Gasteiger partial charge < -0.3 is 5.73 Å². The maximum Gasteiger partial charge on any atom is 0.176 e. The highest BCUT2D eigenvalue weighted by atomic mass is 32.2. The monoisotopic (exact) mass is 244 g/mol. The van der Waals surface area contributed by atoms with Gasteiger partial charge in [-0.15, -0.1) is 11.8 Å². The van der Waals surface area contributed by atoms with Crippen LogP contribution in [0.25, 0.3) is 0 Å². The number of hydrogen-bond donors (Lipinski definition) is 1. The van der Waals surface area contributed by atoms with Crippen LogP contribution in [-0.2, 0) is 0 Å². The fourth-order valence-corrected chi connectivity index (χ4v) is 2.20. The van der Waals surface area contributed by atoms with E-state index in [2.05, 4.69) is 4.98 Å². The van der Waals surface area contributed by atoms with Crippen molar-refractivity contribution in [2.24, 2.45) is 0 Å². The molecule has 0 radical (unpaired) electrons. The van der Waals surface area contributed by atoms with Crippen molar-refractivity contribution in [1.82, 2.24) is 4.98 Å². The van der Waals surface area contributed by atoms with E-state index in [9.17, 15) is 4.79 Å². The first-order valence-corrected chi connectivity index (χ1v) is 6.17. The van der Waals surface area contributed by atoms with Crippen molar-refractivity contribution in [1.29, 1.82) is 0 Å². The molecule has 0 amide bonds. The number of nitrogens with two attached hydrogens (primary N) is 1. The van der Waals surface area contributed by atoms with Gasteiger partial charge in [0, 0.05) is 11.1 Å². The molecule has 3 nitrogen and oxygen atoms in total. The summed E-state index contributed by atoms with van der Waals surface area (Å²) in [5.41, 5.74) is 6.15. The van der Waals surface area contributed by atoms with Crippen molar-refractivity contribution in [3.8, 4) is 0 Å². The van der Waals surface area contributed by atoms with Crippen molar-refractivity contribution in [2.75, 3.05) is 11.5 Å². The number of ketones is 1. The van der Waals surface area contributed by atoms with Gasteiger partial charge in [0.15, 0.2) is 5.78 Å². The summed E-state index contributed by atoms with van der Waals surface area (Å²) in [5, 5.41) is 0. The van der Waals surface area contributed by atoms with E-state index in [1.54, 1.807) is 18.3 Å². The van der Waals surface area contributed by atoms with E-state index >= 15 is 0 Å². The molecule has 2 N–H and O–H groups in total. The summed E-state index contributed by atoms with van der Waals surface area (Å²) < 4.78 is 0. The van der Waals surface area contributed by atoms with E-state index < -0.39 is 0 Å².